The van der Waals surface area contributed by atoms with Crippen LogP contribution in [0.4, 0.5) is 18.9 Å². The first-order valence-electron chi connectivity index (χ1n) is 7.59. The number of Topliss-reactive ketones (excluding diaryl/α,β-unsaturated/α-hetero) is 2. The lowest BCUT2D eigenvalue weighted by Gasteiger charge is -2.33. The molecule has 0 radical (unpaired) electrons. The lowest BCUT2D eigenvalue weighted by Crippen LogP contribution is -2.47. The molecule has 2 aliphatic carbocycles. The van der Waals surface area contributed by atoms with Gasteiger partial charge in [0, 0.05) is 11.6 Å². The van der Waals surface area contributed by atoms with E-state index >= 15 is 0 Å². The van der Waals surface area contributed by atoms with Crippen LogP contribution >= 0.6 is 0 Å². The van der Waals surface area contributed by atoms with Crippen LogP contribution in [0.2, 0.25) is 0 Å². The summed E-state index contributed by atoms with van der Waals surface area (Å²) in [6, 6.07) is 4.22. The van der Waals surface area contributed by atoms with Crippen molar-refractivity contribution >= 4 is 23.2 Å². The van der Waals surface area contributed by atoms with E-state index in [1.54, 1.807) is 13.8 Å². The largest absolute Gasteiger partial charge is 0.416 e. The van der Waals surface area contributed by atoms with Crippen LogP contribution < -0.4 is 5.32 Å². The highest BCUT2D eigenvalue weighted by Gasteiger charge is 2.72. The zero-order valence-electron chi connectivity index (χ0n) is 13.2. The molecule has 1 aromatic carbocycles. The van der Waals surface area contributed by atoms with Crippen LogP contribution in [0.1, 0.15) is 32.3 Å². The normalized spacial score (nSPS) is 28.3. The van der Waals surface area contributed by atoms with Crippen molar-refractivity contribution < 1.29 is 27.6 Å². The van der Waals surface area contributed by atoms with Crippen LogP contribution in [0.15, 0.2) is 24.3 Å². The number of carbonyl (C=O) groups excluding carboxylic acids is 3. The standard InChI is InChI=1S/C17H16F3NO3/c1-15(2)11-6-7-16(15,13(23)12(11)22)14(24)21-10-5-3-4-9(8-10)17(18,19)20/h3-5,8,11H,6-7H2,1-2H3,(H,21,24)/t11-,16+/m0/s1. The molecular weight excluding hydrogens is 323 g/mol. The Kier molecular flexibility index (Phi) is 3.41. The number of nitrogens with one attached hydrogen (secondary N) is 1. The van der Waals surface area contributed by atoms with Gasteiger partial charge in [-0.3, -0.25) is 14.4 Å². The summed E-state index contributed by atoms with van der Waals surface area (Å²) in [4.78, 5) is 37.2. The third-order valence-electron chi connectivity index (χ3n) is 5.54. The average molecular weight is 339 g/mol. The number of hydrogen-bond acceptors (Lipinski definition) is 3. The van der Waals surface area contributed by atoms with Crippen molar-refractivity contribution in [2.45, 2.75) is 32.9 Å². The number of halogens is 3. The molecule has 0 spiro atoms. The number of fused-ring (bicyclic) bond motifs is 2. The molecule has 1 N–H and O–H groups in total. The minimum atomic E-state index is -4.53. The lowest BCUT2D eigenvalue weighted by atomic mass is 9.68. The second-order valence-electron chi connectivity index (χ2n) is 6.94. The Morgan fingerprint density at radius 2 is 1.92 bits per heavy atom. The fraction of sp³-hybridized carbons (Fsp3) is 0.471. The van der Waals surface area contributed by atoms with Gasteiger partial charge in [-0.25, -0.2) is 0 Å². The zero-order valence-corrected chi connectivity index (χ0v) is 13.2. The Morgan fingerprint density at radius 3 is 2.46 bits per heavy atom. The minimum Gasteiger partial charge on any atom is -0.325 e. The van der Waals surface area contributed by atoms with E-state index in [4.69, 9.17) is 0 Å². The number of carbonyl (C=O) groups is 3. The maximum atomic E-state index is 12.8. The summed E-state index contributed by atoms with van der Waals surface area (Å²) >= 11 is 0. The first-order chi connectivity index (χ1) is 11.0. The van der Waals surface area contributed by atoms with Gasteiger partial charge in [-0.1, -0.05) is 19.9 Å². The molecule has 0 aliphatic heterocycles. The molecule has 2 aliphatic rings. The van der Waals surface area contributed by atoms with Gasteiger partial charge in [0.1, 0.15) is 5.41 Å². The molecule has 1 aromatic rings. The molecule has 3 rings (SSSR count). The van der Waals surface area contributed by atoms with Crippen LogP contribution in [0.5, 0.6) is 0 Å². The molecule has 128 valence electrons. The average Bonchev–Trinajstić information content (AvgIpc) is 2.83. The molecule has 7 heteroatoms. The number of benzene rings is 1. The highest BCUT2D eigenvalue weighted by molar-refractivity contribution is 6.48. The number of alkyl halides is 3. The summed E-state index contributed by atoms with van der Waals surface area (Å²) < 4.78 is 38.3. The highest BCUT2D eigenvalue weighted by atomic mass is 19.4. The number of anilines is 1. The van der Waals surface area contributed by atoms with Gasteiger partial charge in [0.2, 0.25) is 17.5 Å². The molecule has 0 aromatic heterocycles. The van der Waals surface area contributed by atoms with E-state index in [0.29, 0.717) is 6.42 Å². The van der Waals surface area contributed by atoms with Crippen LogP contribution in [0, 0.1) is 16.7 Å². The summed E-state index contributed by atoms with van der Waals surface area (Å²) in [5.41, 5.74) is -3.28. The van der Waals surface area contributed by atoms with Crippen molar-refractivity contribution in [3.8, 4) is 0 Å². The zero-order chi connectivity index (χ0) is 17.9. The lowest BCUT2D eigenvalue weighted by molar-refractivity contribution is -0.147. The van der Waals surface area contributed by atoms with Crippen molar-refractivity contribution in [1.29, 1.82) is 0 Å². The number of hydrogen-bond donors (Lipinski definition) is 1. The molecule has 2 saturated carbocycles. The van der Waals surface area contributed by atoms with Crippen molar-refractivity contribution in [2.24, 2.45) is 16.7 Å². The first-order valence-corrected chi connectivity index (χ1v) is 7.59. The number of amides is 1. The summed E-state index contributed by atoms with van der Waals surface area (Å²) in [6.07, 6.45) is -3.86. The maximum absolute atomic E-state index is 12.8. The molecule has 2 atom stereocenters. The quantitative estimate of drug-likeness (QED) is 0.665. The van der Waals surface area contributed by atoms with E-state index in [2.05, 4.69) is 5.32 Å². The second kappa shape index (κ2) is 4.91. The monoisotopic (exact) mass is 339 g/mol. The minimum absolute atomic E-state index is 0.0457. The summed E-state index contributed by atoms with van der Waals surface area (Å²) in [6.45, 7) is 3.39. The van der Waals surface area contributed by atoms with Gasteiger partial charge >= 0.3 is 6.18 Å². The first kappa shape index (κ1) is 16.7. The molecule has 2 fully saturated rings. The fourth-order valence-electron chi connectivity index (χ4n) is 4.10. The Balaban J connectivity index is 1.94. The number of rotatable bonds is 2. The van der Waals surface area contributed by atoms with Gasteiger partial charge in [-0.15, -0.1) is 0 Å². The van der Waals surface area contributed by atoms with Crippen molar-refractivity contribution in [1.82, 2.24) is 0 Å². The molecule has 4 nitrogen and oxygen atoms in total. The van der Waals surface area contributed by atoms with E-state index in [-0.39, 0.29) is 12.1 Å². The highest BCUT2D eigenvalue weighted by Crippen LogP contribution is 2.62. The van der Waals surface area contributed by atoms with Gasteiger partial charge in [-0.2, -0.15) is 13.2 Å². The Labute approximate surface area is 136 Å². The molecule has 1 amide bonds. The van der Waals surface area contributed by atoms with Crippen molar-refractivity contribution in [3.63, 3.8) is 0 Å². The van der Waals surface area contributed by atoms with Crippen molar-refractivity contribution in [2.75, 3.05) is 5.32 Å². The van der Waals surface area contributed by atoms with Gasteiger partial charge in [-0.05, 0) is 36.5 Å². The van der Waals surface area contributed by atoms with Crippen LogP contribution in [-0.4, -0.2) is 17.5 Å². The summed E-state index contributed by atoms with van der Waals surface area (Å²) in [5, 5.41) is 2.41. The maximum Gasteiger partial charge on any atom is 0.416 e. The van der Waals surface area contributed by atoms with E-state index in [9.17, 15) is 27.6 Å². The Morgan fingerprint density at radius 1 is 1.25 bits per heavy atom. The van der Waals surface area contributed by atoms with Crippen LogP contribution in [0.3, 0.4) is 0 Å². The van der Waals surface area contributed by atoms with Crippen LogP contribution in [-0.2, 0) is 20.6 Å². The van der Waals surface area contributed by atoms with Gasteiger partial charge in [0.25, 0.3) is 0 Å². The van der Waals surface area contributed by atoms with Gasteiger partial charge in [0.15, 0.2) is 0 Å². The third kappa shape index (κ3) is 2.03. The second-order valence-corrected chi connectivity index (χ2v) is 6.94. The Hall–Kier alpha value is -2.18. The smallest absolute Gasteiger partial charge is 0.325 e. The Bertz CT molecular complexity index is 754. The predicted octanol–water partition coefficient (Wildman–Crippen LogP) is 3.22. The van der Waals surface area contributed by atoms with E-state index < -0.39 is 46.0 Å². The molecular formula is C17H16F3NO3. The summed E-state index contributed by atoms with van der Waals surface area (Å²) in [5.74, 6) is -2.49. The fourth-order valence-corrected chi connectivity index (χ4v) is 4.10. The third-order valence-corrected chi connectivity index (χ3v) is 5.54. The van der Waals surface area contributed by atoms with E-state index in [1.165, 1.54) is 12.1 Å². The molecule has 24 heavy (non-hydrogen) atoms. The van der Waals surface area contributed by atoms with Gasteiger partial charge in [0.05, 0.1) is 5.56 Å². The van der Waals surface area contributed by atoms with Gasteiger partial charge < -0.3 is 5.32 Å². The molecule has 0 heterocycles. The SMILES string of the molecule is CC1(C)[C@H]2CC[C@]1(C(=O)Nc1cccc(C(F)(F)F)c1)C(=O)C2=O. The van der Waals surface area contributed by atoms with Crippen molar-refractivity contribution in [3.05, 3.63) is 29.8 Å². The predicted molar refractivity (Wildman–Crippen MR) is 79.0 cm³/mol. The van der Waals surface area contributed by atoms with E-state index in [0.717, 1.165) is 12.1 Å². The summed E-state index contributed by atoms with van der Waals surface area (Å²) in [7, 11) is 0. The molecule has 0 saturated heterocycles. The van der Waals surface area contributed by atoms with E-state index in [1.807, 2.05) is 0 Å². The topological polar surface area (TPSA) is 63.2 Å². The molecule has 2 bridgehead atoms. The molecule has 0 unspecified atom stereocenters. The number of ketones is 2. The van der Waals surface area contributed by atoms with Crippen LogP contribution in [0.25, 0.3) is 0 Å².